The van der Waals surface area contributed by atoms with Crippen LogP contribution in [0.25, 0.3) is 0 Å². The molecule has 1 fully saturated rings. The van der Waals surface area contributed by atoms with Gasteiger partial charge in [0.1, 0.15) is 0 Å². The molecular formula is C13H13NO3S. The first-order valence-corrected chi connectivity index (χ1v) is 6.93. The van der Waals surface area contributed by atoms with Gasteiger partial charge >= 0.3 is 5.97 Å². The molecule has 0 bridgehead atoms. The summed E-state index contributed by atoms with van der Waals surface area (Å²) in [6.07, 6.45) is 1.96. The second-order valence-corrected chi connectivity index (χ2v) is 5.76. The summed E-state index contributed by atoms with van der Waals surface area (Å²) < 4.78 is 0. The molecule has 3 rings (SSSR count). The third-order valence-electron chi connectivity index (χ3n) is 3.36. The molecule has 0 aromatic heterocycles. The van der Waals surface area contributed by atoms with E-state index in [4.69, 9.17) is 0 Å². The Morgan fingerprint density at radius 1 is 1.44 bits per heavy atom. The molecule has 1 aliphatic carbocycles. The number of carbonyl (C=O) groups is 2. The first-order chi connectivity index (χ1) is 8.65. The van der Waals surface area contributed by atoms with Gasteiger partial charge in [0, 0.05) is 4.90 Å². The Bertz CT molecular complexity index is 525. The third kappa shape index (κ3) is 2.10. The van der Waals surface area contributed by atoms with E-state index < -0.39 is 11.9 Å². The molecule has 0 saturated heterocycles. The number of rotatable bonds is 3. The van der Waals surface area contributed by atoms with Crippen molar-refractivity contribution in [2.75, 3.05) is 11.1 Å². The summed E-state index contributed by atoms with van der Waals surface area (Å²) >= 11 is 1.49. The smallest absolute Gasteiger partial charge is 0.311 e. The molecule has 0 radical (unpaired) electrons. The van der Waals surface area contributed by atoms with E-state index in [9.17, 15) is 14.7 Å². The number of thioether (sulfide) groups is 1. The molecule has 0 spiro atoms. The molecule has 1 atom stereocenters. The molecule has 1 heterocycles. The number of amides is 1. The average Bonchev–Trinajstić information content (AvgIpc) is 3.12. The summed E-state index contributed by atoms with van der Waals surface area (Å²) in [5.41, 5.74) is 1.55. The van der Waals surface area contributed by atoms with E-state index in [0.717, 1.165) is 29.0 Å². The van der Waals surface area contributed by atoms with Crippen LogP contribution in [0.2, 0.25) is 0 Å². The van der Waals surface area contributed by atoms with Crippen LogP contribution in [0.1, 0.15) is 24.3 Å². The van der Waals surface area contributed by atoms with Crippen molar-refractivity contribution in [3.63, 3.8) is 0 Å². The van der Waals surface area contributed by atoms with Crippen molar-refractivity contribution in [1.82, 2.24) is 0 Å². The number of carbonyl (C=O) groups excluding carboxylic acids is 1. The summed E-state index contributed by atoms with van der Waals surface area (Å²) in [7, 11) is 0. The number of hydrogen-bond donors (Lipinski definition) is 2. The predicted octanol–water partition coefficient (Wildman–Crippen LogP) is 2.31. The molecule has 1 amide bonds. The summed E-state index contributed by atoms with van der Waals surface area (Å²) in [4.78, 5) is 23.7. The molecule has 2 aliphatic rings. The van der Waals surface area contributed by atoms with Crippen LogP contribution in [-0.4, -0.2) is 22.7 Å². The lowest BCUT2D eigenvalue weighted by molar-refractivity contribution is -0.139. The molecule has 94 valence electrons. The molecule has 1 unspecified atom stereocenters. The van der Waals surface area contributed by atoms with Crippen LogP contribution in [0.5, 0.6) is 0 Å². The Kier molecular flexibility index (Phi) is 2.78. The number of carboxylic acid groups (broad SMARTS) is 1. The number of nitrogens with one attached hydrogen (secondary N) is 1. The maximum Gasteiger partial charge on any atom is 0.311 e. The van der Waals surface area contributed by atoms with E-state index in [1.54, 1.807) is 0 Å². The lowest BCUT2D eigenvalue weighted by atomic mass is 9.94. The van der Waals surface area contributed by atoms with E-state index in [2.05, 4.69) is 5.32 Å². The molecule has 18 heavy (non-hydrogen) atoms. The van der Waals surface area contributed by atoms with Gasteiger partial charge < -0.3 is 10.4 Å². The second-order valence-electron chi connectivity index (χ2n) is 4.75. The largest absolute Gasteiger partial charge is 0.481 e. The first kappa shape index (κ1) is 11.6. The minimum Gasteiger partial charge on any atom is -0.481 e. The lowest BCUT2D eigenvalue weighted by Crippen LogP contribution is -2.20. The fraction of sp³-hybridized carbons (Fsp3) is 0.385. The van der Waals surface area contributed by atoms with Crippen molar-refractivity contribution in [2.24, 2.45) is 5.92 Å². The number of hydrogen-bond acceptors (Lipinski definition) is 3. The fourth-order valence-corrected chi connectivity index (χ4v) is 3.13. The van der Waals surface area contributed by atoms with E-state index in [1.807, 2.05) is 18.2 Å². The van der Waals surface area contributed by atoms with Crippen molar-refractivity contribution < 1.29 is 14.7 Å². The van der Waals surface area contributed by atoms with Crippen molar-refractivity contribution in [2.45, 2.75) is 23.7 Å². The summed E-state index contributed by atoms with van der Waals surface area (Å²) in [5.74, 6) is -0.543. The molecule has 1 aromatic carbocycles. The van der Waals surface area contributed by atoms with Crippen molar-refractivity contribution in [1.29, 1.82) is 0 Å². The Balaban J connectivity index is 1.95. The minimum absolute atomic E-state index is 0.0250. The number of carboxylic acids is 1. The standard InChI is InChI=1S/C13H13NO3S/c15-11-6-18-10-4-3-8(5-9(10)14-11)12(13(16)17)7-1-2-7/h3-5,7,12H,1-2,6H2,(H,14,15)(H,16,17). The number of benzene rings is 1. The highest BCUT2D eigenvalue weighted by atomic mass is 32.2. The summed E-state index contributed by atoms with van der Waals surface area (Å²) in [6.45, 7) is 0. The van der Waals surface area contributed by atoms with Crippen molar-refractivity contribution >= 4 is 29.3 Å². The van der Waals surface area contributed by atoms with Crippen LogP contribution < -0.4 is 5.32 Å². The van der Waals surface area contributed by atoms with Gasteiger partial charge in [-0.05, 0) is 36.5 Å². The quantitative estimate of drug-likeness (QED) is 0.878. The average molecular weight is 263 g/mol. The van der Waals surface area contributed by atoms with Gasteiger partial charge in [-0.2, -0.15) is 0 Å². The van der Waals surface area contributed by atoms with Crippen LogP contribution in [0, 0.1) is 5.92 Å². The van der Waals surface area contributed by atoms with Crippen LogP contribution in [-0.2, 0) is 9.59 Å². The summed E-state index contributed by atoms with van der Waals surface area (Å²) in [5, 5.41) is 12.1. The van der Waals surface area contributed by atoms with Crippen LogP contribution >= 0.6 is 11.8 Å². The second kappa shape index (κ2) is 4.31. The monoisotopic (exact) mass is 263 g/mol. The fourth-order valence-electron chi connectivity index (χ4n) is 2.34. The molecule has 2 N–H and O–H groups in total. The highest BCUT2D eigenvalue weighted by molar-refractivity contribution is 8.00. The van der Waals surface area contributed by atoms with Crippen LogP contribution in [0.4, 0.5) is 5.69 Å². The van der Waals surface area contributed by atoms with Gasteiger partial charge in [0.25, 0.3) is 0 Å². The Morgan fingerprint density at radius 3 is 2.89 bits per heavy atom. The number of fused-ring (bicyclic) bond motifs is 1. The normalized spacial score (nSPS) is 19.9. The van der Waals surface area contributed by atoms with Gasteiger partial charge in [-0.25, -0.2) is 0 Å². The zero-order valence-electron chi connectivity index (χ0n) is 9.68. The van der Waals surface area contributed by atoms with Crippen molar-refractivity contribution in [3.8, 4) is 0 Å². The molecular weight excluding hydrogens is 250 g/mol. The van der Waals surface area contributed by atoms with E-state index in [0.29, 0.717) is 5.75 Å². The maximum absolute atomic E-state index is 11.3. The molecule has 5 heteroatoms. The van der Waals surface area contributed by atoms with Gasteiger partial charge in [-0.15, -0.1) is 11.8 Å². The first-order valence-electron chi connectivity index (χ1n) is 5.94. The zero-order chi connectivity index (χ0) is 12.7. The zero-order valence-corrected chi connectivity index (χ0v) is 10.5. The van der Waals surface area contributed by atoms with Gasteiger partial charge in [0.15, 0.2) is 0 Å². The van der Waals surface area contributed by atoms with Crippen LogP contribution in [0.15, 0.2) is 23.1 Å². The topological polar surface area (TPSA) is 66.4 Å². The molecule has 1 aliphatic heterocycles. The maximum atomic E-state index is 11.3. The minimum atomic E-state index is -0.771. The molecule has 1 aromatic rings. The number of anilines is 1. The van der Waals surface area contributed by atoms with E-state index >= 15 is 0 Å². The highest BCUT2D eigenvalue weighted by Crippen LogP contribution is 2.44. The van der Waals surface area contributed by atoms with Gasteiger partial charge in [0.2, 0.25) is 5.91 Å². The van der Waals surface area contributed by atoms with E-state index in [-0.39, 0.29) is 11.8 Å². The van der Waals surface area contributed by atoms with Gasteiger partial charge in [0.05, 0.1) is 17.4 Å². The van der Waals surface area contributed by atoms with Crippen molar-refractivity contribution in [3.05, 3.63) is 23.8 Å². The van der Waals surface area contributed by atoms with Gasteiger partial charge in [-0.1, -0.05) is 6.07 Å². The lowest BCUT2D eigenvalue weighted by Gasteiger charge is -2.19. The highest BCUT2D eigenvalue weighted by Gasteiger charge is 2.37. The Labute approximate surface area is 109 Å². The Hall–Kier alpha value is -1.49. The van der Waals surface area contributed by atoms with E-state index in [1.165, 1.54) is 11.8 Å². The van der Waals surface area contributed by atoms with Gasteiger partial charge in [-0.3, -0.25) is 9.59 Å². The predicted molar refractivity (Wildman–Crippen MR) is 68.9 cm³/mol. The SMILES string of the molecule is O=C1CSc2ccc(C(C(=O)O)C3CC3)cc2N1. The number of aliphatic carboxylic acids is 1. The molecule has 4 nitrogen and oxygen atoms in total. The molecule has 1 saturated carbocycles. The van der Waals surface area contributed by atoms with Crippen LogP contribution in [0.3, 0.4) is 0 Å². The third-order valence-corrected chi connectivity index (χ3v) is 4.43. The summed E-state index contributed by atoms with van der Waals surface area (Å²) in [6, 6.07) is 5.60. The Morgan fingerprint density at radius 2 is 2.22 bits per heavy atom.